The molecular weight excluding hydrogens is 252 g/mol. The predicted molar refractivity (Wildman–Crippen MR) is 74.6 cm³/mol. The number of amides is 1. The molecule has 20 heavy (non-hydrogen) atoms. The van der Waals surface area contributed by atoms with E-state index in [1.165, 1.54) is 0 Å². The van der Waals surface area contributed by atoms with Crippen LogP contribution in [0.4, 0.5) is 0 Å². The third kappa shape index (κ3) is 3.45. The number of hydrogen-bond acceptors (Lipinski definition) is 3. The Balaban J connectivity index is 1.96. The lowest BCUT2D eigenvalue weighted by Crippen LogP contribution is -2.30. The first-order chi connectivity index (χ1) is 9.72. The number of nitrogens with zero attached hydrogens (tertiary/aromatic N) is 2. The van der Waals surface area contributed by atoms with Gasteiger partial charge < -0.3 is 10.3 Å². The molecule has 0 radical (unpaired) electrons. The zero-order valence-electron chi connectivity index (χ0n) is 11.3. The molecule has 0 saturated carbocycles. The number of rotatable bonds is 5. The fourth-order valence-electron chi connectivity index (χ4n) is 1.96. The van der Waals surface area contributed by atoms with E-state index in [0.717, 1.165) is 17.8 Å². The third-order valence-electron chi connectivity index (χ3n) is 3.04. The summed E-state index contributed by atoms with van der Waals surface area (Å²) in [6.45, 7) is 2.00. The zero-order chi connectivity index (χ0) is 14.4. The van der Waals surface area contributed by atoms with Crippen LogP contribution in [-0.4, -0.2) is 15.9 Å². The number of hydrogen-bond donors (Lipinski definition) is 2. The van der Waals surface area contributed by atoms with Crippen LogP contribution in [0.15, 0.2) is 36.7 Å². The number of aromatic amines is 1. The largest absolute Gasteiger partial charge is 0.347 e. The number of aromatic nitrogens is 2. The second-order valence-electron chi connectivity index (χ2n) is 4.49. The average molecular weight is 268 g/mol. The summed E-state index contributed by atoms with van der Waals surface area (Å²) in [6, 6.07) is 8.98. The highest BCUT2D eigenvalue weighted by Crippen LogP contribution is 2.12. The quantitative estimate of drug-likeness (QED) is 0.871. The van der Waals surface area contributed by atoms with E-state index < -0.39 is 0 Å². The Labute approximate surface area is 117 Å². The van der Waals surface area contributed by atoms with Crippen LogP contribution in [0.3, 0.4) is 0 Å². The molecule has 1 amide bonds. The van der Waals surface area contributed by atoms with E-state index in [4.69, 9.17) is 5.26 Å². The molecule has 102 valence electrons. The molecule has 1 atom stereocenters. The smallest absolute Gasteiger partial charge is 0.225 e. The van der Waals surface area contributed by atoms with Crippen molar-refractivity contribution in [3.05, 3.63) is 53.6 Å². The first kappa shape index (κ1) is 13.8. The van der Waals surface area contributed by atoms with Crippen LogP contribution in [0, 0.1) is 11.3 Å². The summed E-state index contributed by atoms with van der Waals surface area (Å²) in [4.78, 5) is 19.2. The SMILES string of the molecule is CCC(NC(=O)Cc1ccc(C#N)cc1)c1ncc[nH]1. The van der Waals surface area contributed by atoms with Gasteiger partial charge in [0.25, 0.3) is 0 Å². The highest BCUT2D eigenvalue weighted by atomic mass is 16.1. The van der Waals surface area contributed by atoms with Gasteiger partial charge in [0.1, 0.15) is 5.82 Å². The van der Waals surface area contributed by atoms with Crippen molar-refractivity contribution in [3.63, 3.8) is 0 Å². The maximum atomic E-state index is 12.0. The summed E-state index contributed by atoms with van der Waals surface area (Å²) >= 11 is 0. The van der Waals surface area contributed by atoms with Crippen molar-refractivity contribution < 1.29 is 4.79 Å². The molecule has 1 aromatic carbocycles. The predicted octanol–water partition coefficient (Wildman–Crippen LogP) is 2.09. The second-order valence-corrected chi connectivity index (χ2v) is 4.49. The maximum Gasteiger partial charge on any atom is 0.225 e. The minimum Gasteiger partial charge on any atom is -0.347 e. The van der Waals surface area contributed by atoms with Gasteiger partial charge in [-0.25, -0.2) is 4.98 Å². The zero-order valence-corrected chi connectivity index (χ0v) is 11.3. The molecule has 0 aliphatic rings. The molecule has 5 heteroatoms. The topological polar surface area (TPSA) is 81.6 Å². The Bertz CT molecular complexity index is 596. The summed E-state index contributed by atoms with van der Waals surface area (Å²) in [6.07, 6.45) is 4.48. The van der Waals surface area contributed by atoms with Crippen LogP contribution >= 0.6 is 0 Å². The number of nitrogens with one attached hydrogen (secondary N) is 2. The van der Waals surface area contributed by atoms with Gasteiger partial charge in [-0.15, -0.1) is 0 Å². The highest BCUT2D eigenvalue weighted by molar-refractivity contribution is 5.78. The minimum atomic E-state index is -0.101. The second kappa shape index (κ2) is 6.53. The number of H-pyrrole nitrogens is 1. The number of carbonyl (C=O) groups is 1. The van der Waals surface area contributed by atoms with Crippen molar-refractivity contribution in [1.29, 1.82) is 5.26 Å². The monoisotopic (exact) mass is 268 g/mol. The molecule has 0 spiro atoms. The van der Waals surface area contributed by atoms with Crippen LogP contribution < -0.4 is 5.32 Å². The van der Waals surface area contributed by atoms with Gasteiger partial charge in [0.15, 0.2) is 0 Å². The number of nitriles is 1. The molecule has 2 rings (SSSR count). The standard InChI is InChI=1S/C15H16N4O/c1-2-13(15-17-7-8-18-15)19-14(20)9-11-3-5-12(10-16)6-4-11/h3-8,13H,2,9H2,1H3,(H,17,18)(H,19,20). The molecule has 1 aromatic heterocycles. The Morgan fingerprint density at radius 2 is 2.20 bits per heavy atom. The number of imidazole rings is 1. The fraction of sp³-hybridized carbons (Fsp3) is 0.267. The van der Waals surface area contributed by atoms with E-state index in [1.54, 1.807) is 36.7 Å². The van der Waals surface area contributed by atoms with Crippen molar-refractivity contribution in [1.82, 2.24) is 15.3 Å². The van der Waals surface area contributed by atoms with Crippen molar-refractivity contribution in [2.45, 2.75) is 25.8 Å². The maximum absolute atomic E-state index is 12.0. The molecule has 5 nitrogen and oxygen atoms in total. The lowest BCUT2D eigenvalue weighted by atomic mass is 10.1. The molecule has 2 N–H and O–H groups in total. The van der Waals surface area contributed by atoms with Crippen molar-refractivity contribution >= 4 is 5.91 Å². The van der Waals surface area contributed by atoms with Crippen LogP contribution in [0.25, 0.3) is 0 Å². The van der Waals surface area contributed by atoms with Crippen molar-refractivity contribution in [2.75, 3.05) is 0 Å². The van der Waals surface area contributed by atoms with E-state index in [1.807, 2.05) is 6.92 Å². The lowest BCUT2D eigenvalue weighted by molar-refractivity contribution is -0.121. The van der Waals surface area contributed by atoms with Gasteiger partial charge in [-0.3, -0.25) is 4.79 Å². The van der Waals surface area contributed by atoms with Crippen LogP contribution in [0.1, 0.15) is 36.3 Å². The van der Waals surface area contributed by atoms with Gasteiger partial charge in [0, 0.05) is 12.4 Å². The summed E-state index contributed by atoms with van der Waals surface area (Å²) in [7, 11) is 0. The first-order valence-corrected chi connectivity index (χ1v) is 6.50. The fourth-order valence-corrected chi connectivity index (χ4v) is 1.96. The lowest BCUT2D eigenvalue weighted by Gasteiger charge is -2.14. The van der Waals surface area contributed by atoms with Gasteiger partial charge in [0.2, 0.25) is 5.91 Å². The Morgan fingerprint density at radius 1 is 1.45 bits per heavy atom. The van der Waals surface area contributed by atoms with Crippen molar-refractivity contribution in [3.8, 4) is 6.07 Å². The van der Waals surface area contributed by atoms with E-state index in [0.29, 0.717) is 12.0 Å². The van der Waals surface area contributed by atoms with Crippen LogP contribution in [0.5, 0.6) is 0 Å². The van der Waals surface area contributed by atoms with Gasteiger partial charge in [-0.05, 0) is 24.1 Å². The van der Waals surface area contributed by atoms with Crippen molar-refractivity contribution in [2.24, 2.45) is 0 Å². The summed E-state index contributed by atoms with van der Waals surface area (Å²) in [5.41, 5.74) is 1.48. The van der Waals surface area contributed by atoms with Gasteiger partial charge in [0.05, 0.1) is 24.1 Å². The molecule has 0 fully saturated rings. The molecule has 0 aliphatic carbocycles. The van der Waals surface area contributed by atoms with E-state index in [9.17, 15) is 4.79 Å². The Hall–Kier alpha value is -2.61. The summed E-state index contributed by atoms with van der Waals surface area (Å²) < 4.78 is 0. The number of benzene rings is 1. The van der Waals surface area contributed by atoms with E-state index >= 15 is 0 Å². The van der Waals surface area contributed by atoms with E-state index in [2.05, 4.69) is 21.4 Å². The average Bonchev–Trinajstić information content (AvgIpc) is 2.99. The van der Waals surface area contributed by atoms with Crippen LogP contribution in [0.2, 0.25) is 0 Å². The molecule has 1 heterocycles. The Kier molecular flexibility index (Phi) is 4.51. The molecule has 0 saturated heterocycles. The van der Waals surface area contributed by atoms with Gasteiger partial charge in [-0.2, -0.15) is 5.26 Å². The minimum absolute atomic E-state index is 0.0574. The molecule has 0 bridgehead atoms. The number of carbonyl (C=O) groups excluding carboxylic acids is 1. The summed E-state index contributed by atoms with van der Waals surface area (Å²) in [5.74, 6) is 0.707. The molecular formula is C15H16N4O. The van der Waals surface area contributed by atoms with E-state index in [-0.39, 0.29) is 11.9 Å². The molecule has 0 aliphatic heterocycles. The van der Waals surface area contributed by atoms with Gasteiger partial charge >= 0.3 is 0 Å². The highest BCUT2D eigenvalue weighted by Gasteiger charge is 2.14. The third-order valence-corrected chi connectivity index (χ3v) is 3.04. The summed E-state index contributed by atoms with van der Waals surface area (Å²) in [5, 5.41) is 11.7. The molecule has 1 unspecified atom stereocenters. The Morgan fingerprint density at radius 3 is 2.75 bits per heavy atom. The molecule has 2 aromatic rings. The van der Waals surface area contributed by atoms with Gasteiger partial charge in [-0.1, -0.05) is 19.1 Å². The normalized spacial score (nSPS) is 11.6. The first-order valence-electron chi connectivity index (χ1n) is 6.50. The van der Waals surface area contributed by atoms with Crippen LogP contribution in [-0.2, 0) is 11.2 Å².